The average molecular weight is 286 g/mol. The highest BCUT2D eigenvalue weighted by molar-refractivity contribution is 9.10. The van der Waals surface area contributed by atoms with Crippen LogP contribution in [0.2, 0.25) is 0 Å². The summed E-state index contributed by atoms with van der Waals surface area (Å²) >= 11 is 3.41. The minimum Gasteiger partial charge on any atom is -0.372 e. The normalized spacial score (nSPS) is 18.7. The molecule has 1 aromatic heterocycles. The first-order chi connectivity index (χ1) is 7.72. The van der Waals surface area contributed by atoms with Crippen molar-refractivity contribution in [3.8, 4) is 0 Å². The van der Waals surface area contributed by atoms with E-state index in [0.717, 1.165) is 29.0 Å². The van der Waals surface area contributed by atoms with Crippen molar-refractivity contribution in [1.29, 1.82) is 0 Å². The summed E-state index contributed by atoms with van der Waals surface area (Å²) in [4.78, 5) is 8.91. The van der Waals surface area contributed by atoms with Gasteiger partial charge in [-0.3, -0.25) is 0 Å². The topological polar surface area (TPSA) is 47.0 Å². The molecule has 0 amide bonds. The molecule has 4 nitrogen and oxygen atoms in total. The molecule has 0 saturated heterocycles. The maximum atomic E-state index is 5.66. The van der Waals surface area contributed by atoms with Gasteiger partial charge in [0.1, 0.15) is 11.4 Å². The fourth-order valence-electron chi connectivity index (χ4n) is 2.23. The quantitative estimate of drug-likeness (QED) is 0.928. The molecule has 1 saturated carbocycles. The van der Waals surface area contributed by atoms with Gasteiger partial charge in [-0.05, 0) is 41.6 Å². The van der Waals surface area contributed by atoms with E-state index >= 15 is 0 Å². The van der Waals surface area contributed by atoms with Gasteiger partial charge in [0.2, 0.25) is 0 Å². The fraction of sp³-hybridized carbons (Fsp3) is 0.636. The lowest BCUT2D eigenvalue weighted by Crippen LogP contribution is -2.27. The molecule has 88 valence electrons. The number of hydrogen-bond donors (Lipinski definition) is 1. The summed E-state index contributed by atoms with van der Waals surface area (Å²) in [6.45, 7) is 0. The second kappa shape index (κ2) is 4.67. The number of methoxy groups -OCH3 is 1. The standard InChI is InChI=1S/C11H16BrN3O/c1-13-9-8(12)7-14-10(15-9)11(16-2)5-3-4-6-11/h7H,3-6H2,1-2H3,(H,13,14,15). The Kier molecular flexibility index (Phi) is 3.44. The summed E-state index contributed by atoms with van der Waals surface area (Å²) in [5.41, 5.74) is -0.272. The first kappa shape index (κ1) is 11.8. The third-order valence-electron chi connectivity index (χ3n) is 3.19. The molecule has 0 aromatic carbocycles. The lowest BCUT2D eigenvalue weighted by atomic mass is 10.0. The van der Waals surface area contributed by atoms with Crippen LogP contribution in [-0.2, 0) is 10.3 Å². The molecule has 0 spiro atoms. The van der Waals surface area contributed by atoms with E-state index < -0.39 is 0 Å². The van der Waals surface area contributed by atoms with Crippen LogP contribution in [0.5, 0.6) is 0 Å². The monoisotopic (exact) mass is 285 g/mol. The van der Waals surface area contributed by atoms with Crippen LogP contribution >= 0.6 is 15.9 Å². The van der Waals surface area contributed by atoms with Gasteiger partial charge in [-0.2, -0.15) is 0 Å². The summed E-state index contributed by atoms with van der Waals surface area (Å²) in [5.74, 6) is 1.60. The van der Waals surface area contributed by atoms with Crippen molar-refractivity contribution in [1.82, 2.24) is 9.97 Å². The Bertz CT molecular complexity index is 377. The maximum Gasteiger partial charge on any atom is 0.162 e. The van der Waals surface area contributed by atoms with Gasteiger partial charge >= 0.3 is 0 Å². The SMILES string of the molecule is CNc1nc(C2(OC)CCCC2)ncc1Br. The molecule has 0 aliphatic heterocycles. The Morgan fingerprint density at radius 3 is 2.69 bits per heavy atom. The molecular weight excluding hydrogens is 270 g/mol. The Labute approximate surface area is 104 Å². The molecule has 0 atom stereocenters. The summed E-state index contributed by atoms with van der Waals surface area (Å²) < 4.78 is 6.53. The second-order valence-corrected chi connectivity index (χ2v) is 4.90. The number of ether oxygens (including phenoxy) is 1. The number of rotatable bonds is 3. The molecule has 0 radical (unpaired) electrons. The van der Waals surface area contributed by atoms with E-state index in [1.165, 1.54) is 12.8 Å². The van der Waals surface area contributed by atoms with Crippen LogP contribution in [0.4, 0.5) is 5.82 Å². The van der Waals surface area contributed by atoms with E-state index in [1.807, 2.05) is 7.05 Å². The fourth-order valence-corrected chi connectivity index (χ4v) is 2.62. The summed E-state index contributed by atoms with van der Waals surface area (Å²) in [6, 6.07) is 0. The average Bonchev–Trinajstić information content (AvgIpc) is 2.79. The van der Waals surface area contributed by atoms with Crippen LogP contribution in [0.25, 0.3) is 0 Å². The van der Waals surface area contributed by atoms with E-state index in [2.05, 4.69) is 31.2 Å². The number of nitrogens with one attached hydrogen (secondary N) is 1. The zero-order valence-corrected chi connectivity index (χ0v) is 11.2. The zero-order chi connectivity index (χ0) is 11.6. The van der Waals surface area contributed by atoms with E-state index in [1.54, 1.807) is 13.3 Å². The van der Waals surface area contributed by atoms with Gasteiger partial charge in [0.05, 0.1) is 4.47 Å². The summed E-state index contributed by atoms with van der Waals surface area (Å²) in [6.07, 6.45) is 6.17. The lowest BCUT2D eigenvalue weighted by molar-refractivity contribution is -0.0162. The summed E-state index contributed by atoms with van der Waals surface area (Å²) in [5, 5.41) is 3.05. The van der Waals surface area contributed by atoms with Crippen LogP contribution in [0.3, 0.4) is 0 Å². The van der Waals surface area contributed by atoms with Crippen molar-refractivity contribution in [3.63, 3.8) is 0 Å². The third-order valence-corrected chi connectivity index (χ3v) is 3.77. The molecule has 1 heterocycles. The van der Waals surface area contributed by atoms with Crippen molar-refractivity contribution < 1.29 is 4.74 Å². The van der Waals surface area contributed by atoms with E-state index in [0.29, 0.717) is 0 Å². The Morgan fingerprint density at radius 1 is 1.44 bits per heavy atom. The van der Waals surface area contributed by atoms with E-state index in [4.69, 9.17) is 4.74 Å². The number of nitrogens with zero attached hydrogens (tertiary/aromatic N) is 2. The first-order valence-electron chi connectivity index (χ1n) is 5.48. The molecule has 1 aromatic rings. The highest BCUT2D eigenvalue weighted by Crippen LogP contribution is 2.40. The van der Waals surface area contributed by atoms with Gasteiger partial charge in [0, 0.05) is 20.4 Å². The van der Waals surface area contributed by atoms with Gasteiger partial charge in [-0.25, -0.2) is 9.97 Å². The smallest absolute Gasteiger partial charge is 0.162 e. The highest BCUT2D eigenvalue weighted by atomic mass is 79.9. The van der Waals surface area contributed by atoms with Crippen molar-refractivity contribution >= 4 is 21.7 Å². The number of aromatic nitrogens is 2. The van der Waals surface area contributed by atoms with Gasteiger partial charge in [-0.1, -0.05) is 0 Å². The van der Waals surface area contributed by atoms with E-state index in [-0.39, 0.29) is 5.60 Å². The van der Waals surface area contributed by atoms with Crippen molar-refractivity contribution in [2.45, 2.75) is 31.3 Å². The molecule has 1 aliphatic rings. The molecule has 0 unspecified atom stereocenters. The molecule has 1 fully saturated rings. The predicted molar refractivity (Wildman–Crippen MR) is 66.4 cm³/mol. The minimum atomic E-state index is -0.272. The number of halogens is 1. The maximum absolute atomic E-state index is 5.66. The van der Waals surface area contributed by atoms with Crippen molar-refractivity contribution in [2.75, 3.05) is 19.5 Å². The van der Waals surface area contributed by atoms with Gasteiger partial charge in [0.15, 0.2) is 5.82 Å². The van der Waals surface area contributed by atoms with Crippen LogP contribution < -0.4 is 5.32 Å². The Balaban J connectivity index is 2.38. The van der Waals surface area contributed by atoms with Crippen molar-refractivity contribution in [3.05, 3.63) is 16.5 Å². The zero-order valence-electron chi connectivity index (χ0n) is 9.59. The number of anilines is 1. The van der Waals surface area contributed by atoms with Crippen LogP contribution in [0.15, 0.2) is 10.7 Å². The molecule has 16 heavy (non-hydrogen) atoms. The largest absolute Gasteiger partial charge is 0.372 e. The van der Waals surface area contributed by atoms with Crippen molar-refractivity contribution in [2.24, 2.45) is 0 Å². The van der Waals surface area contributed by atoms with Crippen LogP contribution in [-0.4, -0.2) is 24.1 Å². The highest BCUT2D eigenvalue weighted by Gasteiger charge is 2.38. The Hall–Kier alpha value is -0.680. The number of hydrogen-bond acceptors (Lipinski definition) is 4. The summed E-state index contributed by atoms with van der Waals surface area (Å²) in [7, 11) is 3.60. The Morgan fingerprint density at radius 2 is 2.12 bits per heavy atom. The molecule has 5 heteroatoms. The first-order valence-corrected chi connectivity index (χ1v) is 6.27. The van der Waals surface area contributed by atoms with Gasteiger partial charge < -0.3 is 10.1 Å². The molecule has 2 rings (SSSR count). The third kappa shape index (κ3) is 1.94. The molecule has 1 N–H and O–H groups in total. The molecular formula is C11H16BrN3O. The van der Waals surface area contributed by atoms with E-state index in [9.17, 15) is 0 Å². The molecule has 0 bridgehead atoms. The van der Waals surface area contributed by atoms with Crippen LogP contribution in [0.1, 0.15) is 31.5 Å². The second-order valence-electron chi connectivity index (χ2n) is 4.05. The molecule has 1 aliphatic carbocycles. The van der Waals surface area contributed by atoms with Gasteiger partial charge in [0.25, 0.3) is 0 Å². The lowest BCUT2D eigenvalue weighted by Gasteiger charge is -2.25. The minimum absolute atomic E-state index is 0.272. The predicted octanol–water partition coefficient (Wildman–Crippen LogP) is 2.70. The van der Waals surface area contributed by atoms with Gasteiger partial charge in [-0.15, -0.1) is 0 Å². The van der Waals surface area contributed by atoms with Crippen LogP contribution in [0, 0.1) is 0 Å².